The van der Waals surface area contributed by atoms with Crippen molar-refractivity contribution in [2.75, 3.05) is 6.61 Å². The lowest BCUT2D eigenvalue weighted by Gasteiger charge is -2.10. The number of hydrogen-bond acceptors (Lipinski definition) is 7. The second-order valence-electron chi connectivity index (χ2n) is 4.53. The fourth-order valence-electron chi connectivity index (χ4n) is 2.03. The molecule has 0 saturated carbocycles. The zero-order valence-electron chi connectivity index (χ0n) is 12.7. The van der Waals surface area contributed by atoms with Gasteiger partial charge in [-0.3, -0.25) is 9.68 Å². The molecule has 7 nitrogen and oxygen atoms in total. The molecule has 0 aliphatic heterocycles. The topological polar surface area (TPSA) is 99.1 Å². The van der Waals surface area contributed by atoms with Crippen LogP contribution in [0.5, 0.6) is 5.75 Å². The summed E-state index contributed by atoms with van der Waals surface area (Å²) in [6, 6.07) is 11.8. The first-order valence-electron chi connectivity index (χ1n) is 7.01. The minimum Gasteiger partial charge on any atom is -0.434 e. The molecule has 0 spiro atoms. The first-order valence-corrected chi connectivity index (χ1v) is 7.01. The van der Waals surface area contributed by atoms with Crippen molar-refractivity contribution in [3.8, 4) is 5.75 Å². The van der Waals surface area contributed by atoms with Crippen molar-refractivity contribution in [3.63, 3.8) is 0 Å². The lowest BCUT2D eigenvalue weighted by atomic mass is 9.98. The average molecular weight is 330 g/mol. The van der Waals surface area contributed by atoms with Crippen molar-refractivity contribution < 1.29 is 34.0 Å². The SMILES string of the molecule is CCOC(=O)Oc1ccccc1C(=O)c1ccccc1C(=O)OO. The zero-order chi connectivity index (χ0) is 17.5. The Bertz CT molecular complexity index is 767. The molecule has 0 unspecified atom stereocenters. The van der Waals surface area contributed by atoms with Gasteiger partial charge in [0.1, 0.15) is 5.75 Å². The quantitative estimate of drug-likeness (QED) is 0.296. The van der Waals surface area contributed by atoms with Crippen LogP contribution in [0.2, 0.25) is 0 Å². The highest BCUT2D eigenvalue weighted by molar-refractivity contribution is 6.15. The van der Waals surface area contributed by atoms with E-state index in [1.54, 1.807) is 25.1 Å². The predicted molar refractivity (Wildman–Crippen MR) is 82.0 cm³/mol. The van der Waals surface area contributed by atoms with Crippen molar-refractivity contribution in [1.82, 2.24) is 0 Å². The van der Waals surface area contributed by atoms with Crippen LogP contribution in [-0.2, 0) is 9.62 Å². The minimum atomic E-state index is -1.07. The van der Waals surface area contributed by atoms with Crippen LogP contribution in [0.15, 0.2) is 48.5 Å². The maximum atomic E-state index is 12.7. The summed E-state index contributed by atoms with van der Waals surface area (Å²) in [7, 11) is 0. The maximum Gasteiger partial charge on any atom is 0.513 e. The molecule has 7 heteroatoms. The van der Waals surface area contributed by atoms with E-state index >= 15 is 0 Å². The van der Waals surface area contributed by atoms with Gasteiger partial charge in [0, 0.05) is 5.56 Å². The Balaban J connectivity index is 2.41. The second-order valence-corrected chi connectivity index (χ2v) is 4.53. The zero-order valence-corrected chi connectivity index (χ0v) is 12.7. The molecule has 0 heterocycles. The van der Waals surface area contributed by atoms with Crippen molar-refractivity contribution in [2.24, 2.45) is 0 Å². The monoisotopic (exact) mass is 330 g/mol. The van der Waals surface area contributed by atoms with Gasteiger partial charge in [0.2, 0.25) is 0 Å². The van der Waals surface area contributed by atoms with E-state index in [0.717, 1.165) is 0 Å². The van der Waals surface area contributed by atoms with E-state index in [9.17, 15) is 14.4 Å². The van der Waals surface area contributed by atoms with E-state index in [1.165, 1.54) is 30.3 Å². The molecule has 2 aromatic carbocycles. The Hall–Kier alpha value is -3.19. The van der Waals surface area contributed by atoms with Gasteiger partial charge >= 0.3 is 12.1 Å². The van der Waals surface area contributed by atoms with Crippen molar-refractivity contribution in [3.05, 3.63) is 65.2 Å². The van der Waals surface area contributed by atoms with E-state index in [1.807, 2.05) is 0 Å². The number of carbonyl (C=O) groups is 3. The van der Waals surface area contributed by atoms with Crippen LogP contribution in [0.3, 0.4) is 0 Å². The molecule has 0 aliphatic rings. The Morgan fingerprint density at radius 1 is 0.917 bits per heavy atom. The first-order chi connectivity index (χ1) is 11.6. The van der Waals surface area contributed by atoms with Crippen LogP contribution in [0.25, 0.3) is 0 Å². The van der Waals surface area contributed by atoms with Crippen LogP contribution < -0.4 is 4.74 Å². The summed E-state index contributed by atoms with van der Waals surface area (Å²) in [4.78, 5) is 39.5. The molecule has 0 radical (unpaired) electrons. The van der Waals surface area contributed by atoms with Crippen molar-refractivity contribution >= 4 is 17.9 Å². The summed E-state index contributed by atoms with van der Waals surface area (Å²) in [5.74, 6) is -1.65. The number of para-hydroxylation sites is 1. The molecule has 1 N–H and O–H groups in total. The fraction of sp³-hybridized carbons (Fsp3) is 0.118. The summed E-state index contributed by atoms with van der Waals surface area (Å²) in [5.41, 5.74) is -0.0591. The number of ketones is 1. The molecule has 0 atom stereocenters. The van der Waals surface area contributed by atoms with Gasteiger partial charge in [-0.2, -0.15) is 5.26 Å². The van der Waals surface area contributed by atoms with E-state index in [4.69, 9.17) is 9.99 Å². The van der Waals surface area contributed by atoms with Gasteiger partial charge in [0.05, 0.1) is 17.7 Å². The third-order valence-corrected chi connectivity index (χ3v) is 3.06. The van der Waals surface area contributed by atoms with Gasteiger partial charge in [0.25, 0.3) is 0 Å². The molecule has 0 saturated heterocycles. The number of rotatable bonds is 5. The van der Waals surface area contributed by atoms with Crippen LogP contribution in [0.4, 0.5) is 4.79 Å². The number of benzene rings is 2. The summed E-state index contributed by atoms with van der Waals surface area (Å²) in [6.45, 7) is 1.75. The summed E-state index contributed by atoms with van der Waals surface area (Å²) < 4.78 is 9.69. The van der Waals surface area contributed by atoms with Gasteiger partial charge in [-0.25, -0.2) is 9.59 Å². The number of ether oxygens (including phenoxy) is 2. The number of hydrogen-bond donors (Lipinski definition) is 1. The third kappa shape index (κ3) is 3.76. The van der Waals surface area contributed by atoms with E-state index < -0.39 is 17.9 Å². The highest BCUT2D eigenvalue weighted by Crippen LogP contribution is 2.24. The average Bonchev–Trinajstić information content (AvgIpc) is 2.61. The largest absolute Gasteiger partial charge is 0.513 e. The molecular weight excluding hydrogens is 316 g/mol. The van der Waals surface area contributed by atoms with Gasteiger partial charge < -0.3 is 9.47 Å². The maximum absolute atomic E-state index is 12.7. The summed E-state index contributed by atoms with van der Waals surface area (Å²) >= 11 is 0. The normalized spacial score (nSPS) is 9.92. The molecule has 0 aliphatic carbocycles. The van der Waals surface area contributed by atoms with E-state index in [2.05, 4.69) is 9.62 Å². The molecule has 2 rings (SSSR count). The van der Waals surface area contributed by atoms with E-state index in [-0.39, 0.29) is 29.0 Å². The summed E-state index contributed by atoms with van der Waals surface area (Å²) in [6.07, 6.45) is -0.944. The van der Waals surface area contributed by atoms with Gasteiger partial charge in [-0.1, -0.05) is 30.3 Å². The van der Waals surface area contributed by atoms with Gasteiger partial charge in [-0.15, -0.1) is 0 Å². The highest BCUT2D eigenvalue weighted by Gasteiger charge is 2.22. The van der Waals surface area contributed by atoms with E-state index in [0.29, 0.717) is 0 Å². The minimum absolute atomic E-state index is 0.00328. The summed E-state index contributed by atoms with van der Waals surface area (Å²) in [5, 5.41) is 8.55. The number of carbonyl (C=O) groups excluding carboxylic acids is 3. The Morgan fingerprint density at radius 3 is 2.12 bits per heavy atom. The standard InChI is InChI=1S/C17H14O7/c1-2-22-17(20)23-14-10-6-5-9-13(14)15(18)11-7-3-4-8-12(11)16(19)24-21/h3-10,21H,2H2,1H3. The Kier molecular flexibility index (Phi) is 5.64. The molecule has 0 fully saturated rings. The molecule has 0 amide bonds. The lowest BCUT2D eigenvalue weighted by molar-refractivity contribution is -0.182. The highest BCUT2D eigenvalue weighted by atomic mass is 17.1. The molecular formula is C17H14O7. The fourth-order valence-corrected chi connectivity index (χ4v) is 2.03. The molecule has 0 aromatic heterocycles. The van der Waals surface area contributed by atoms with Crippen molar-refractivity contribution in [2.45, 2.75) is 6.92 Å². The second kappa shape index (κ2) is 7.89. The first kappa shape index (κ1) is 17.2. The van der Waals surface area contributed by atoms with Gasteiger partial charge in [-0.05, 0) is 25.1 Å². The Labute approximate surface area is 137 Å². The van der Waals surface area contributed by atoms with Crippen LogP contribution in [0, 0.1) is 0 Å². The predicted octanol–water partition coefficient (Wildman–Crippen LogP) is 3.08. The molecule has 124 valence electrons. The van der Waals surface area contributed by atoms with Gasteiger partial charge in [0.15, 0.2) is 5.78 Å². The molecule has 24 heavy (non-hydrogen) atoms. The van der Waals surface area contributed by atoms with Crippen LogP contribution in [-0.4, -0.2) is 29.8 Å². The van der Waals surface area contributed by atoms with Crippen LogP contribution in [0.1, 0.15) is 33.2 Å². The van der Waals surface area contributed by atoms with Crippen LogP contribution >= 0.6 is 0 Å². The van der Waals surface area contributed by atoms with Crippen molar-refractivity contribution in [1.29, 1.82) is 0 Å². The Morgan fingerprint density at radius 2 is 1.50 bits per heavy atom. The molecule has 2 aromatic rings. The smallest absolute Gasteiger partial charge is 0.434 e. The lowest BCUT2D eigenvalue weighted by Crippen LogP contribution is -2.15. The third-order valence-electron chi connectivity index (χ3n) is 3.06. The molecule has 0 bridgehead atoms.